The number of rotatable bonds is 3. The fourth-order valence-electron chi connectivity index (χ4n) is 3.59. The highest BCUT2D eigenvalue weighted by Gasteiger charge is 2.28. The van der Waals surface area contributed by atoms with E-state index in [1.807, 2.05) is 29.8 Å². The predicted octanol–water partition coefficient (Wildman–Crippen LogP) is 3.29. The number of carbonyl (C=O) groups is 1. The van der Waals surface area contributed by atoms with Crippen molar-refractivity contribution >= 4 is 16.8 Å². The Morgan fingerprint density at radius 3 is 2.91 bits per heavy atom. The van der Waals surface area contributed by atoms with Crippen LogP contribution in [-0.4, -0.2) is 21.7 Å². The van der Waals surface area contributed by atoms with Gasteiger partial charge in [-0.2, -0.15) is 5.10 Å². The summed E-state index contributed by atoms with van der Waals surface area (Å²) in [6.07, 6.45) is 3.58. The molecule has 0 unspecified atom stereocenters. The van der Waals surface area contributed by atoms with E-state index in [0.29, 0.717) is 24.4 Å². The molecule has 0 saturated heterocycles. The van der Waals surface area contributed by atoms with E-state index in [1.54, 1.807) is 0 Å². The van der Waals surface area contributed by atoms with Gasteiger partial charge in [-0.15, -0.1) is 0 Å². The molecular formula is C18H25N3O. The number of aromatic nitrogens is 2. The second kappa shape index (κ2) is 6.11. The third-order valence-corrected chi connectivity index (χ3v) is 5.19. The van der Waals surface area contributed by atoms with Crippen LogP contribution in [0.15, 0.2) is 24.3 Å². The van der Waals surface area contributed by atoms with Crippen molar-refractivity contribution in [2.45, 2.75) is 52.6 Å². The van der Waals surface area contributed by atoms with Crippen LogP contribution in [0.4, 0.5) is 0 Å². The average Bonchev–Trinajstić information content (AvgIpc) is 2.81. The molecule has 2 aromatic rings. The van der Waals surface area contributed by atoms with Crippen LogP contribution >= 0.6 is 0 Å². The van der Waals surface area contributed by atoms with E-state index in [0.717, 1.165) is 23.0 Å². The fourth-order valence-corrected chi connectivity index (χ4v) is 3.59. The molecule has 4 nitrogen and oxygen atoms in total. The van der Waals surface area contributed by atoms with Crippen LogP contribution in [0.3, 0.4) is 0 Å². The standard InChI is InChI=1S/C18H25N3O/c1-12-7-6-9-16(13(12)2)19-18(22)11-21-17-10-5-4-8-15(17)14(3)20-21/h4-5,8,10,12-13,16H,6-7,9,11H2,1-3H3,(H,19,22)/t12-,13+,16-/m1/s1. The van der Waals surface area contributed by atoms with Gasteiger partial charge < -0.3 is 5.32 Å². The Balaban J connectivity index is 1.71. The topological polar surface area (TPSA) is 46.9 Å². The summed E-state index contributed by atoms with van der Waals surface area (Å²) in [6.45, 7) is 6.82. The normalized spacial score (nSPS) is 25.3. The van der Waals surface area contributed by atoms with Crippen molar-refractivity contribution in [3.05, 3.63) is 30.0 Å². The van der Waals surface area contributed by atoms with Crippen molar-refractivity contribution in [3.63, 3.8) is 0 Å². The second-order valence-corrected chi connectivity index (χ2v) is 6.70. The monoisotopic (exact) mass is 299 g/mol. The van der Waals surface area contributed by atoms with Crippen LogP contribution in [-0.2, 0) is 11.3 Å². The lowest BCUT2D eigenvalue weighted by atomic mass is 9.78. The molecule has 3 atom stereocenters. The first-order valence-electron chi connectivity index (χ1n) is 8.28. The Bertz CT molecular complexity index is 676. The van der Waals surface area contributed by atoms with Gasteiger partial charge in [-0.1, -0.05) is 44.9 Å². The van der Waals surface area contributed by atoms with Crippen LogP contribution in [0.25, 0.3) is 10.9 Å². The molecule has 22 heavy (non-hydrogen) atoms. The molecule has 1 aliphatic carbocycles. The van der Waals surface area contributed by atoms with E-state index >= 15 is 0 Å². The SMILES string of the molecule is Cc1nn(CC(=O)N[C@@H]2CCC[C@@H](C)[C@@H]2C)c2ccccc12. The van der Waals surface area contributed by atoms with Gasteiger partial charge in [0.25, 0.3) is 0 Å². The molecular weight excluding hydrogens is 274 g/mol. The number of para-hydroxylation sites is 1. The first-order valence-corrected chi connectivity index (χ1v) is 8.28. The Morgan fingerprint density at radius 2 is 2.09 bits per heavy atom. The van der Waals surface area contributed by atoms with E-state index in [2.05, 4.69) is 30.3 Å². The summed E-state index contributed by atoms with van der Waals surface area (Å²) in [5.41, 5.74) is 2.00. The maximum Gasteiger partial charge on any atom is 0.241 e. The van der Waals surface area contributed by atoms with Crippen molar-refractivity contribution in [1.29, 1.82) is 0 Å². The van der Waals surface area contributed by atoms with Crippen LogP contribution in [0.5, 0.6) is 0 Å². The molecule has 3 rings (SSSR count). The van der Waals surface area contributed by atoms with E-state index in [1.165, 1.54) is 12.8 Å². The lowest BCUT2D eigenvalue weighted by Gasteiger charge is -2.34. The lowest BCUT2D eigenvalue weighted by molar-refractivity contribution is -0.123. The third-order valence-electron chi connectivity index (χ3n) is 5.19. The minimum absolute atomic E-state index is 0.0687. The summed E-state index contributed by atoms with van der Waals surface area (Å²) >= 11 is 0. The van der Waals surface area contributed by atoms with Gasteiger partial charge in [0.2, 0.25) is 5.91 Å². The van der Waals surface area contributed by atoms with Gasteiger partial charge in [0.05, 0.1) is 11.2 Å². The summed E-state index contributed by atoms with van der Waals surface area (Å²) in [7, 11) is 0. The number of amides is 1. The minimum Gasteiger partial charge on any atom is -0.351 e. The molecule has 1 saturated carbocycles. The molecule has 1 N–H and O–H groups in total. The summed E-state index contributed by atoms with van der Waals surface area (Å²) in [4.78, 5) is 12.4. The van der Waals surface area contributed by atoms with Gasteiger partial charge in [0.1, 0.15) is 6.54 Å². The van der Waals surface area contributed by atoms with Crippen LogP contribution in [0.2, 0.25) is 0 Å². The van der Waals surface area contributed by atoms with Crippen molar-refractivity contribution in [2.75, 3.05) is 0 Å². The number of nitrogens with one attached hydrogen (secondary N) is 1. The molecule has 0 aliphatic heterocycles. The van der Waals surface area contributed by atoms with Crippen molar-refractivity contribution in [3.8, 4) is 0 Å². The average molecular weight is 299 g/mol. The van der Waals surface area contributed by atoms with Gasteiger partial charge >= 0.3 is 0 Å². The van der Waals surface area contributed by atoms with Crippen molar-refractivity contribution < 1.29 is 4.79 Å². The van der Waals surface area contributed by atoms with Gasteiger partial charge in [0, 0.05) is 11.4 Å². The van der Waals surface area contributed by atoms with E-state index < -0.39 is 0 Å². The Kier molecular flexibility index (Phi) is 4.19. The van der Waals surface area contributed by atoms with E-state index in [-0.39, 0.29) is 5.91 Å². The van der Waals surface area contributed by atoms with Gasteiger partial charge in [-0.25, -0.2) is 0 Å². The van der Waals surface area contributed by atoms with Gasteiger partial charge in [-0.05, 0) is 31.2 Å². The molecule has 0 spiro atoms. The summed E-state index contributed by atoms with van der Waals surface area (Å²) in [5.74, 6) is 1.31. The summed E-state index contributed by atoms with van der Waals surface area (Å²) < 4.78 is 1.82. The zero-order valence-electron chi connectivity index (χ0n) is 13.7. The maximum atomic E-state index is 12.4. The molecule has 0 radical (unpaired) electrons. The number of hydrogen-bond acceptors (Lipinski definition) is 2. The van der Waals surface area contributed by atoms with Gasteiger partial charge in [-0.3, -0.25) is 9.48 Å². The highest BCUT2D eigenvalue weighted by Crippen LogP contribution is 2.29. The maximum absolute atomic E-state index is 12.4. The van der Waals surface area contributed by atoms with Crippen LogP contribution < -0.4 is 5.32 Å². The molecule has 118 valence electrons. The molecule has 1 heterocycles. The van der Waals surface area contributed by atoms with Crippen molar-refractivity contribution in [2.24, 2.45) is 11.8 Å². The first kappa shape index (κ1) is 15.1. The number of aryl methyl sites for hydroxylation is 1. The Morgan fingerprint density at radius 1 is 1.32 bits per heavy atom. The molecule has 1 fully saturated rings. The number of hydrogen-bond donors (Lipinski definition) is 1. The highest BCUT2D eigenvalue weighted by atomic mass is 16.2. The lowest BCUT2D eigenvalue weighted by Crippen LogP contribution is -2.44. The highest BCUT2D eigenvalue weighted by molar-refractivity contribution is 5.84. The van der Waals surface area contributed by atoms with Crippen LogP contribution in [0.1, 0.15) is 38.8 Å². The predicted molar refractivity (Wildman–Crippen MR) is 88.6 cm³/mol. The summed E-state index contributed by atoms with van der Waals surface area (Å²) in [5, 5.41) is 8.85. The van der Waals surface area contributed by atoms with E-state index in [4.69, 9.17) is 0 Å². The Hall–Kier alpha value is -1.84. The smallest absolute Gasteiger partial charge is 0.241 e. The Labute approximate surface area is 131 Å². The largest absolute Gasteiger partial charge is 0.351 e. The van der Waals surface area contributed by atoms with E-state index in [9.17, 15) is 4.79 Å². The number of carbonyl (C=O) groups excluding carboxylic acids is 1. The second-order valence-electron chi connectivity index (χ2n) is 6.70. The molecule has 1 aromatic carbocycles. The third kappa shape index (κ3) is 2.87. The zero-order chi connectivity index (χ0) is 15.7. The molecule has 1 amide bonds. The minimum atomic E-state index is 0.0687. The number of benzene rings is 1. The molecule has 1 aliphatic rings. The zero-order valence-corrected chi connectivity index (χ0v) is 13.7. The fraction of sp³-hybridized carbons (Fsp3) is 0.556. The molecule has 0 bridgehead atoms. The first-order chi connectivity index (χ1) is 10.6. The molecule has 1 aromatic heterocycles. The number of fused-ring (bicyclic) bond motifs is 1. The molecule has 4 heteroatoms. The van der Waals surface area contributed by atoms with Crippen LogP contribution in [0, 0.1) is 18.8 Å². The van der Waals surface area contributed by atoms with Crippen molar-refractivity contribution in [1.82, 2.24) is 15.1 Å². The summed E-state index contributed by atoms with van der Waals surface area (Å²) in [6, 6.07) is 8.37. The quantitative estimate of drug-likeness (QED) is 0.945. The van der Waals surface area contributed by atoms with Gasteiger partial charge in [0.15, 0.2) is 0 Å². The number of nitrogens with zero attached hydrogens (tertiary/aromatic N) is 2.